The number of H-pyrrole nitrogens is 1. The van der Waals surface area contributed by atoms with E-state index in [9.17, 15) is 4.79 Å². The predicted molar refractivity (Wildman–Crippen MR) is 55.2 cm³/mol. The first-order valence-electron chi connectivity index (χ1n) is 4.52. The quantitative estimate of drug-likeness (QED) is 0.778. The molecule has 0 radical (unpaired) electrons. The maximum atomic E-state index is 10.4. The molecule has 2 aromatic rings. The Labute approximate surface area is 86.3 Å². The molecular weight excluding hydrogens is 194 g/mol. The van der Waals surface area contributed by atoms with Crippen molar-refractivity contribution in [2.45, 2.75) is 13.5 Å². The molecule has 3 N–H and O–H groups in total. The van der Waals surface area contributed by atoms with E-state index in [1.54, 1.807) is 0 Å². The monoisotopic (exact) mass is 205 g/mol. The largest absolute Gasteiger partial charge is 0.442 e. The molecule has 0 unspecified atom stereocenters. The van der Waals surface area contributed by atoms with Crippen LogP contribution in [-0.4, -0.2) is 16.1 Å². The number of fused-ring (bicyclic) bond motifs is 1. The molecular formula is C10H11N3O2. The van der Waals surface area contributed by atoms with Crippen molar-refractivity contribution in [2.24, 2.45) is 5.73 Å². The topological polar surface area (TPSA) is 81.0 Å². The number of nitrogens with one attached hydrogen (secondary N) is 1. The number of aromatic nitrogens is 2. The Morgan fingerprint density at radius 2 is 2.40 bits per heavy atom. The second-order valence-corrected chi connectivity index (χ2v) is 3.31. The summed E-state index contributed by atoms with van der Waals surface area (Å²) in [5.41, 5.74) is 7.78. The number of carbonyl (C=O) groups excluding carboxylic acids is 1. The summed E-state index contributed by atoms with van der Waals surface area (Å²) in [4.78, 5) is 17.7. The molecule has 0 aliphatic carbocycles. The fraction of sp³-hybridized carbons (Fsp3) is 0.200. The molecule has 0 atom stereocenters. The fourth-order valence-corrected chi connectivity index (χ4v) is 1.38. The molecule has 0 aliphatic rings. The van der Waals surface area contributed by atoms with Crippen molar-refractivity contribution in [2.75, 3.05) is 0 Å². The third-order valence-corrected chi connectivity index (χ3v) is 2.04. The molecule has 1 aromatic carbocycles. The highest BCUT2D eigenvalue weighted by atomic mass is 16.5. The van der Waals surface area contributed by atoms with Crippen LogP contribution in [0, 0.1) is 6.92 Å². The molecule has 0 saturated carbocycles. The van der Waals surface area contributed by atoms with Crippen LogP contribution in [0.1, 0.15) is 11.4 Å². The van der Waals surface area contributed by atoms with Crippen LogP contribution in [0.3, 0.4) is 0 Å². The van der Waals surface area contributed by atoms with Crippen LogP contribution in [0.2, 0.25) is 0 Å². The number of carbonyl (C=O) groups is 1. The number of primary amides is 1. The molecule has 5 nitrogen and oxygen atoms in total. The number of aryl methyl sites for hydroxylation is 1. The summed E-state index contributed by atoms with van der Waals surface area (Å²) < 4.78 is 4.63. The molecule has 2 rings (SSSR count). The smallest absolute Gasteiger partial charge is 0.404 e. The van der Waals surface area contributed by atoms with Crippen LogP contribution in [0.5, 0.6) is 0 Å². The first kappa shape index (κ1) is 9.51. The van der Waals surface area contributed by atoms with E-state index in [0.29, 0.717) is 5.82 Å². The second kappa shape index (κ2) is 3.61. The van der Waals surface area contributed by atoms with Gasteiger partial charge in [-0.25, -0.2) is 9.78 Å². The summed E-state index contributed by atoms with van der Waals surface area (Å²) in [7, 11) is 0. The Morgan fingerprint density at radius 3 is 3.13 bits per heavy atom. The number of nitrogens with zero attached hydrogens (tertiary/aromatic N) is 1. The van der Waals surface area contributed by atoms with Crippen LogP contribution in [-0.2, 0) is 11.3 Å². The Hall–Kier alpha value is -2.04. The normalized spacial score (nSPS) is 10.5. The first-order chi connectivity index (χ1) is 7.15. The molecule has 0 bridgehead atoms. The number of ether oxygens (including phenoxy) is 1. The zero-order valence-corrected chi connectivity index (χ0v) is 8.28. The van der Waals surface area contributed by atoms with Gasteiger partial charge in [-0.1, -0.05) is 6.07 Å². The molecule has 5 heteroatoms. The number of nitrogens with two attached hydrogens (primary N) is 1. The minimum absolute atomic E-state index is 0.0725. The van der Waals surface area contributed by atoms with Crippen molar-refractivity contribution >= 4 is 17.1 Å². The molecule has 0 fully saturated rings. The molecule has 78 valence electrons. The van der Waals surface area contributed by atoms with Gasteiger partial charge in [0.05, 0.1) is 11.0 Å². The maximum Gasteiger partial charge on any atom is 0.404 e. The number of hydrogen-bond acceptors (Lipinski definition) is 3. The van der Waals surface area contributed by atoms with E-state index in [4.69, 9.17) is 5.73 Å². The zero-order chi connectivity index (χ0) is 10.8. The molecule has 15 heavy (non-hydrogen) atoms. The van der Waals surface area contributed by atoms with Gasteiger partial charge in [-0.3, -0.25) is 0 Å². The van der Waals surface area contributed by atoms with Gasteiger partial charge in [0.25, 0.3) is 0 Å². The molecule has 0 saturated heterocycles. The van der Waals surface area contributed by atoms with Gasteiger partial charge in [-0.2, -0.15) is 0 Å². The fourth-order valence-electron chi connectivity index (χ4n) is 1.38. The van der Waals surface area contributed by atoms with Gasteiger partial charge >= 0.3 is 6.09 Å². The Kier molecular flexibility index (Phi) is 2.29. The van der Waals surface area contributed by atoms with Crippen molar-refractivity contribution in [3.8, 4) is 0 Å². The lowest BCUT2D eigenvalue weighted by atomic mass is 10.2. The lowest BCUT2D eigenvalue weighted by Gasteiger charge is -1.95. The Balaban J connectivity index is 2.27. The number of hydrogen-bond donors (Lipinski definition) is 2. The van der Waals surface area contributed by atoms with Crippen molar-refractivity contribution in [3.05, 3.63) is 29.6 Å². The highest BCUT2D eigenvalue weighted by Gasteiger charge is 2.04. The van der Waals surface area contributed by atoms with E-state index in [1.807, 2.05) is 25.1 Å². The van der Waals surface area contributed by atoms with E-state index in [1.165, 1.54) is 0 Å². The van der Waals surface area contributed by atoms with Gasteiger partial charge in [0, 0.05) is 0 Å². The van der Waals surface area contributed by atoms with E-state index >= 15 is 0 Å². The SMILES string of the molecule is Cc1ccc2nc(COC(N)=O)[nH]c2c1. The van der Waals surface area contributed by atoms with Crippen LogP contribution < -0.4 is 5.73 Å². The summed E-state index contributed by atoms with van der Waals surface area (Å²) in [5, 5.41) is 0. The van der Waals surface area contributed by atoms with Crippen molar-refractivity contribution in [1.29, 1.82) is 0 Å². The zero-order valence-electron chi connectivity index (χ0n) is 8.28. The Morgan fingerprint density at radius 1 is 1.60 bits per heavy atom. The molecule has 1 amide bonds. The lowest BCUT2D eigenvalue weighted by Crippen LogP contribution is -2.13. The van der Waals surface area contributed by atoms with Crippen molar-refractivity contribution in [1.82, 2.24) is 9.97 Å². The average molecular weight is 205 g/mol. The Bertz CT molecular complexity index is 504. The summed E-state index contributed by atoms with van der Waals surface area (Å²) in [6, 6.07) is 5.87. The third-order valence-electron chi connectivity index (χ3n) is 2.04. The van der Waals surface area contributed by atoms with Crippen LogP contribution >= 0.6 is 0 Å². The molecule has 1 aromatic heterocycles. The molecule has 0 aliphatic heterocycles. The summed E-state index contributed by atoms with van der Waals surface area (Å²) in [5.74, 6) is 0.592. The van der Waals surface area contributed by atoms with Gasteiger partial charge in [0.15, 0.2) is 6.61 Å². The van der Waals surface area contributed by atoms with Crippen LogP contribution in [0.25, 0.3) is 11.0 Å². The van der Waals surface area contributed by atoms with Gasteiger partial charge in [-0.05, 0) is 24.6 Å². The average Bonchev–Trinajstić information content (AvgIpc) is 2.56. The first-order valence-corrected chi connectivity index (χ1v) is 4.52. The van der Waals surface area contributed by atoms with Gasteiger partial charge in [0.1, 0.15) is 5.82 Å². The van der Waals surface area contributed by atoms with Gasteiger partial charge < -0.3 is 15.5 Å². The standard InChI is InChI=1S/C10H11N3O2/c1-6-2-3-7-8(4-6)13-9(12-7)5-15-10(11)14/h2-4H,5H2,1H3,(H2,11,14)(H,12,13). The summed E-state index contributed by atoms with van der Waals surface area (Å²) in [6.45, 7) is 2.07. The van der Waals surface area contributed by atoms with E-state index in [2.05, 4.69) is 14.7 Å². The lowest BCUT2D eigenvalue weighted by molar-refractivity contribution is 0.147. The maximum absolute atomic E-state index is 10.4. The van der Waals surface area contributed by atoms with Crippen molar-refractivity contribution < 1.29 is 9.53 Å². The molecule has 0 spiro atoms. The molecule has 1 heterocycles. The number of aromatic amines is 1. The van der Waals surface area contributed by atoms with E-state index in [0.717, 1.165) is 16.6 Å². The van der Waals surface area contributed by atoms with Gasteiger partial charge in [-0.15, -0.1) is 0 Å². The number of amides is 1. The number of rotatable bonds is 2. The van der Waals surface area contributed by atoms with Crippen molar-refractivity contribution in [3.63, 3.8) is 0 Å². The van der Waals surface area contributed by atoms with E-state index < -0.39 is 6.09 Å². The number of benzene rings is 1. The third kappa shape index (κ3) is 2.07. The highest BCUT2D eigenvalue weighted by molar-refractivity contribution is 5.75. The van der Waals surface area contributed by atoms with Gasteiger partial charge in [0.2, 0.25) is 0 Å². The summed E-state index contributed by atoms with van der Waals surface area (Å²) >= 11 is 0. The van der Waals surface area contributed by atoms with Crippen LogP contribution in [0.15, 0.2) is 18.2 Å². The predicted octanol–water partition coefficient (Wildman–Crippen LogP) is 1.47. The van der Waals surface area contributed by atoms with Crippen LogP contribution in [0.4, 0.5) is 4.79 Å². The number of imidazole rings is 1. The summed E-state index contributed by atoms with van der Waals surface area (Å²) in [6.07, 6.45) is -0.799. The van der Waals surface area contributed by atoms with E-state index in [-0.39, 0.29) is 6.61 Å². The second-order valence-electron chi connectivity index (χ2n) is 3.31. The minimum atomic E-state index is -0.799. The minimum Gasteiger partial charge on any atom is -0.442 e. The highest BCUT2D eigenvalue weighted by Crippen LogP contribution is 2.13.